The lowest BCUT2D eigenvalue weighted by Gasteiger charge is -2.26. The van der Waals surface area contributed by atoms with E-state index in [2.05, 4.69) is 24.1 Å². The molecule has 1 heterocycles. The van der Waals surface area contributed by atoms with Crippen LogP contribution in [0.3, 0.4) is 0 Å². The highest BCUT2D eigenvalue weighted by atomic mass is 19.1. The Morgan fingerprint density at radius 1 is 1.45 bits per heavy atom. The van der Waals surface area contributed by atoms with Gasteiger partial charge in [0.05, 0.1) is 11.8 Å². The summed E-state index contributed by atoms with van der Waals surface area (Å²) in [6, 6.07) is 5.40. The Labute approximate surface area is 120 Å². The van der Waals surface area contributed by atoms with Gasteiger partial charge in [0.15, 0.2) is 0 Å². The second kappa shape index (κ2) is 6.55. The van der Waals surface area contributed by atoms with Crippen LogP contribution in [-0.2, 0) is 0 Å². The molecule has 0 spiro atoms. The fourth-order valence-electron chi connectivity index (χ4n) is 3.02. The van der Waals surface area contributed by atoms with Crippen LogP contribution in [0.1, 0.15) is 38.8 Å². The molecule has 2 N–H and O–H groups in total. The van der Waals surface area contributed by atoms with E-state index in [-0.39, 0.29) is 23.9 Å². The van der Waals surface area contributed by atoms with Crippen molar-refractivity contribution in [3.63, 3.8) is 0 Å². The first-order valence-electron chi connectivity index (χ1n) is 7.49. The molecule has 112 valence electrons. The van der Waals surface area contributed by atoms with Crippen LogP contribution in [0, 0.1) is 11.7 Å². The van der Waals surface area contributed by atoms with Crippen molar-refractivity contribution in [2.75, 3.05) is 24.5 Å². The van der Waals surface area contributed by atoms with Crippen molar-refractivity contribution in [2.24, 2.45) is 5.92 Å². The smallest absolute Gasteiger partial charge is 0.146 e. The lowest BCUT2D eigenvalue weighted by Crippen LogP contribution is -2.27. The van der Waals surface area contributed by atoms with Gasteiger partial charge in [0.25, 0.3) is 0 Å². The molecule has 1 aromatic rings. The molecule has 4 heteroatoms. The Morgan fingerprint density at radius 3 is 2.80 bits per heavy atom. The first-order chi connectivity index (χ1) is 9.54. The van der Waals surface area contributed by atoms with Crippen molar-refractivity contribution in [1.29, 1.82) is 0 Å². The van der Waals surface area contributed by atoms with E-state index in [1.54, 1.807) is 6.07 Å². The van der Waals surface area contributed by atoms with Gasteiger partial charge in [0.1, 0.15) is 5.82 Å². The highest BCUT2D eigenvalue weighted by Crippen LogP contribution is 2.33. The Morgan fingerprint density at radius 2 is 2.20 bits per heavy atom. The van der Waals surface area contributed by atoms with Gasteiger partial charge in [-0.1, -0.05) is 19.1 Å². The molecule has 0 saturated carbocycles. The average Bonchev–Trinajstić information content (AvgIpc) is 2.88. The van der Waals surface area contributed by atoms with Gasteiger partial charge in [-0.2, -0.15) is 0 Å². The number of halogens is 1. The van der Waals surface area contributed by atoms with Crippen molar-refractivity contribution in [2.45, 2.75) is 39.3 Å². The maximum atomic E-state index is 14.3. The molecule has 1 aromatic carbocycles. The molecule has 3 nitrogen and oxygen atoms in total. The zero-order valence-electron chi connectivity index (χ0n) is 12.6. The molecule has 1 fully saturated rings. The average molecular weight is 280 g/mol. The molecular formula is C16H25FN2O. The fourth-order valence-corrected chi connectivity index (χ4v) is 3.02. The van der Waals surface area contributed by atoms with Gasteiger partial charge >= 0.3 is 0 Å². The van der Waals surface area contributed by atoms with Crippen LogP contribution in [0.4, 0.5) is 10.1 Å². The van der Waals surface area contributed by atoms with E-state index in [0.29, 0.717) is 5.69 Å². The number of anilines is 1. The summed E-state index contributed by atoms with van der Waals surface area (Å²) in [6.07, 6.45) is 0.586. The van der Waals surface area contributed by atoms with Gasteiger partial charge < -0.3 is 15.3 Å². The van der Waals surface area contributed by atoms with Crippen LogP contribution in [0.2, 0.25) is 0 Å². The van der Waals surface area contributed by atoms with E-state index in [4.69, 9.17) is 0 Å². The number of nitrogens with zero attached hydrogens (tertiary/aromatic N) is 1. The van der Waals surface area contributed by atoms with Gasteiger partial charge in [-0.05, 0) is 38.4 Å². The van der Waals surface area contributed by atoms with Crippen molar-refractivity contribution >= 4 is 5.69 Å². The Bertz CT molecular complexity index is 450. The minimum atomic E-state index is -0.332. The first-order valence-corrected chi connectivity index (χ1v) is 7.49. The second-order valence-electron chi connectivity index (χ2n) is 5.69. The summed E-state index contributed by atoms with van der Waals surface area (Å²) < 4.78 is 14.3. The summed E-state index contributed by atoms with van der Waals surface area (Å²) in [4.78, 5) is 2.08. The van der Waals surface area contributed by atoms with Crippen molar-refractivity contribution < 1.29 is 9.50 Å². The van der Waals surface area contributed by atoms with Crippen LogP contribution in [0.15, 0.2) is 18.2 Å². The molecule has 20 heavy (non-hydrogen) atoms. The monoisotopic (exact) mass is 280 g/mol. The SMILES string of the molecule is CCNC(C)c1cccc(F)c1N1CCC(C(C)O)C1. The Hall–Kier alpha value is -1.13. The third-order valence-electron chi connectivity index (χ3n) is 4.22. The molecule has 0 bridgehead atoms. The lowest BCUT2D eigenvalue weighted by atomic mass is 10.0. The molecule has 0 aromatic heterocycles. The molecule has 1 aliphatic heterocycles. The second-order valence-corrected chi connectivity index (χ2v) is 5.69. The summed E-state index contributed by atoms with van der Waals surface area (Å²) in [5.41, 5.74) is 1.70. The highest BCUT2D eigenvalue weighted by molar-refractivity contribution is 5.57. The maximum Gasteiger partial charge on any atom is 0.146 e. The third kappa shape index (κ3) is 3.13. The quantitative estimate of drug-likeness (QED) is 0.870. The van der Waals surface area contributed by atoms with E-state index in [9.17, 15) is 9.50 Å². The molecule has 3 unspecified atom stereocenters. The van der Waals surface area contributed by atoms with E-state index in [1.807, 2.05) is 13.0 Å². The van der Waals surface area contributed by atoms with E-state index in [1.165, 1.54) is 6.07 Å². The maximum absolute atomic E-state index is 14.3. The third-order valence-corrected chi connectivity index (χ3v) is 4.22. The molecule has 0 amide bonds. The zero-order chi connectivity index (χ0) is 14.7. The van der Waals surface area contributed by atoms with Gasteiger partial charge in [-0.15, -0.1) is 0 Å². The number of hydrogen-bond donors (Lipinski definition) is 2. The number of hydrogen-bond acceptors (Lipinski definition) is 3. The summed E-state index contributed by atoms with van der Waals surface area (Å²) in [5.74, 6) is 0.0652. The molecule has 0 aliphatic carbocycles. The molecular weight excluding hydrogens is 255 g/mol. The normalized spacial score (nSPS) is 22.1. The van der Waals surface area contributed by atoms with Crippen LogP contribution < -0.4 is 10.2 Å². The molecule has 2 rings (SSSR count). The minimum absolute atomic E-state index is 0.122. The summed E-state index contributed by atoms with van der Waals surface area (Å²) in [5, 5.41) is 13.1. The number of benzene rings is 1. The predicted molar refractivity (Wildman–Crippen MR) is 80.5 cm³/mol. The minimum Gasteiger partial charge on any atom is -0.393 e. The first kappa shape index (κ1) is 15.3. The number of aliphatic hydroxyl groups is 1. The standard InChI is InChI=1S/C16H25FN2O/c1-4-18-11(2)14-6-5-7-15(17)16(14)19-9-8-13(10-19)12(3)20/h5-7,11-13,18,20H,4,8-10H2,1-3H3. The van der Waals surface area contributed by atoms with Gasteiger partial charge in [0, 0.05) is 25.0 Å². The van der Waals surface area contributed by atoms with Gasteiger partial charge in [-0.25, -0.2) is 4.39 Å². The van der Waals surface area contributed by atoms with E-state index < -0.39 is 0 Å². The molecule has 1 saturated heterocycles. The van der Waals surface area contributed by atoms with E-state index >= 15 is 0 Å². The largest absolute Gasteiger partial charge is 0.393 e. The molecule has 3 atom stereocenters. The van der Waals surface area contributed by atoms with Crippen molar-refractivity contribution in [1.82, 2.24) is 5.32 Å². The van der Waals surface area contributed by atoms with Crippen molar-refractivity contribution in [3.05, 3.63) is 29.6 Å². The van der Waals surface area contributed by atoms with Crippen LogP contribution in [0.25, 0.3) is 0 Å². The zero-order valence-corrected chi connectivity index (χ0v) is 12.6. The van der Waals surface area contributed by atoms with Crippen LogP contribution >= 0.6 is 0 Å². The lowest BCUT2D eigenvalue weighted by molar-refractivity contribution is 0.136. The summed E-state index contributed by atoms with van der Waals surface area (Å²) in [6.45, 7) is 8.32. The summed E-state index contributed by atoms with van der Waals surface area (Å²) in [7, 11) is 0. The van der Waals surface area contributed by atoms with Gasteiger partial charge in [0.2, 0.25) is 0 Å². The number of para-hydroxylation sites is 1. The predicted octanol–water partition coefficient (Wildman–Crippen LogP) is 2.70. The highest BCUT2D eigenvalue weighted by Gasteiger charge is 2.29. The van der Waals surface area contributed by atoms with Crippen molar-refractivity contribution in [3.8, 4) is 0 Å². The molecule has 1 aliphatic rings. The molecule has 0 radical (unpaired) electrons. The fraction of sp³-hybridized carbons (Fsp3) is 0.625. The summed E-state index contributed by atoms with van der Waals surface area (Å²) >= 11 is 0. The van der Waals surface area contributed by atoms with E-state index in [0.717, 1.165) is 31.6 Å². The number of aliphatic hydroxyl groups excluding tert-OH is 1. The number of rotatable bonds is 5. The number of nitrogens with one attached hydrogen (secondary N) is 1. The Balaban J connectivity index is 2.27. The van der Waals surface area contributed by atoms with Crippen LogP contribution in [0.5, 0.6) is 0 Å². The topological polar surface area (TPSA) is 35.5 Å². The van der Waals surface area contributed by atoms with Crippen LogP contribution in [-0.4, -0.2) is 30.8 Å². The Kier molecular flexibility index (Phi) is 5.00. The van der Waals surface area contributed by atoms with Gasteiger partial charge in [-0.3, -0.25) is 0 Å².